The first-order valence-electron chi connectivity index (χ1n) is 13.4. The molecule has 0 atom stereocenters. The molecular formula is C32H25F3N6O3. The van der Waals surface area contributed by atoms with Crippen LogP contribution >= 0.6 is 0 Å². The summed E-state index contributed by atoms with van der Waals surface area (Å²) in [4.78, 5) is 25.1. The van der Waals surface area contributed by atoms with Gasteiger partial charge in [-0.25, -0.2) is 4.98 Å². The van der Waals surface area contributed by atoms with Crippen LogP contribution < -0.4 is 20.1 Å². The number of carbonyl (C=O) groups is 1. The molecule has 0 aliphatic carbocycles. The molecule has 222 valence electrons. The van der Waals surface area contributed by atoms with Crippen LogP contribution in [-0.4, -0.2) is 45.3 Å². The van der Waals surface area contributed by atoms with Crippen molar-refractivity contribution in [1.29, 1.82) is 0 Å². The van der Waals surface area contributed by atoms with Crippen molar-refractivity contribution in [2.45, 2.75) is 6.18 Å². The van der Waals surface area contributed by atoms with Gasteiger partial charge in [-0.05, 0) is 48.5 Å². The van der Waals surface area contributed by atoms with E-state index in [-0.39, 0.29) is 17.4 Å². The van der Waals surface area contributed by atoms with Crippen LogP contribution in [0.1, 0.15) is 10.5 Å². The van der Waals surface area contributed by atoms with Crippen LogP contribution in [0.2, 0.25) is 0 Å². The maximum atomic E-state index is 13.0. The van der Waals surface area contributed by atoms with Crippen molar-refractivity contribution in [2.75, 3.05) is 19.0 Å². The number of halogens is 3. The number of nitrogens with zero attached hydrogens (tertiary/aromatic N) is 4. The van der Waals surface area contributed by atoms with Crippen molar-refractivity contribution in [3.8, 4) is 28.4 Å². The first-order chi connectivity index (χ1) is 21.2. The molecule has 0 fully saturated rings. The Labute approximate surface area is 249 Å². The Morgan fingerprint density at radius 2 is 1.75 bits per heavy atom. The standard InChI is InChI=1S/C32H25F3N6O3/c1-36-30(42)27-16-23(11-12-37-27)44-22-8-9-28-26(15-22)40-31(41(28)2)39-21-7-10-29(43-18-32(33,34)35)24(14-21)20-13-19-5-3-4-6-25(19)38-17-20/h3-17H,18H2,1-2H3,(H,36,42)(H,39,40). The Balaban J connectivity index is 1.30. The van der Waals surface area contributed by atoms with Gasteiger partial charge in [0, 0.05) is 60.8 Å². The van der Waals surface area contributed by atoms with Crippen LogP contribution in [0.25, 0.3) is 33.1 Å². The number of fused-ring (bicyclic) bond motifs is 2. The lowest BCUT2D eigenvalue weighted by Gasteiger charge is -2.16. The monoisotopic (exact) mass is 598 g/mol. The van der Waals surface area contributed by atoms with Crippen molar-refractivity contribution in [3.63, 3.8) is 0 Å². The number of ether oxygens (including phenoxy) is 2. The molecule has 1 amide bonds. The van der Waals surface area contributed by atoms with Gasteiger partial charge in [-0.1, -0.05) is 18.2 Å². The summed E-state index contributed by atoms with van der Waals surface area (Å²) in [6.45, 7) is -1.42. The van der Waals surface area contributed by atoms with Crippen molar-refractivity contribution < 1.29 is 27.4 Å². The molecule has 0 saturated carbocycles. The molecule has 3 heterocycles. The van der Waals surface area contributed by atoms with E-state index in [1.807, 2.05) is 48.0 Å². The smallest absolute Gasteiger partial charge is 0.422 e. The van der Waals surface area contributed by atoms with Crippen LogP contribution in [0.15, 0.2) is 91.3 Å². The lowest BCUT2D eigenvalue weighted by molar-refractivity contribution is -0.153. The van der Waals surface area contributed by atoms with E-state index in [1.54, 1.807) is 42.6 Å². The normalized spacial score (nSPS) is 11.5. The van der Waals surface area contributed by atoms with E-state index < -0.39 is 12.8 Å². The lowest BCUT2D eigenvalue weighted by atomic mass is 10.0. The second-order valence-electron chi connectivity index (χ2n) is 9.86. The number of hydrogen-bond acceptors (Lipinski definition) is 7. The Bertz CT molecular complexity index is 2010. The first kappa shape index (κ1) is 28.5. The highest BCUT2D eigenvalue weighted by Crippen LogP contribution is 2.36. The van der Waals surface area contributed by atoms with Gasteiger partial charge < -0.3 is 24.7 Å². The third-order valence-corrected chi connectivity index (χ3v) is 6.81. The number of anilines is 2. The SMILES string of the molecule is CNC(=O)c1cc(Oc2ccc3c(c2)nc(Nc2ccc(OCC(F)(F)F)c(-c4cnc5ccccc5c4)c2)n3C)ccn1. The molecule has 2 N–H and O–H groups in total. The fraction of sp³-hybridized carbons (Fsp3) is 0.125. The summed E-state index contributed by atoms with van der Waals surface area (Å²) in [6, 6.07) is 22.8. The number of amides is 1. The molecule has 0 saturated heterocycles. The van der Waals surface area contributed by atoms with Gasteiger partial charge in [0.25, 0.3) is 5.91 Å². The predicted molar refractivity (Wildman–Crippen MR) is 160 cm³/mol. The Morgan fingerprint density at radius 3 is 2.57 bits per heavy atom. The van der Waals surface area contributed by atoms with Gasteiger partial charge in [-0.15, -0.1) is 0 Å². The number of benzene rings is 3. The lowest BCUT2D eigenvalue weighted by Crippen LogP contribution is -2.19. The number of aryl methyl sites for hydroxylation is 1. The van der Waals surface area contributed by atoms with Crippen LogP contribution in [0.3, 0.4) is 0 Å². The Morgan fingerprint density at radius 1 is 0.932 bits per heavy atom. The molecular weight excluding hydrogens is 573 g/mol. The average molecular weight is 599 g/mol. The van der Waals surface area contributed by atoms with Crippen molar-refractivity contribution in [2.24, 2.45) is 7.05 Å². The molecule has 3 aromatic heterocycles. The highest BCUT2D eigenvalue weighted by molar-refractivity contribution is 5.92. The maximum absolute atomic E-state index is 13.0. The molecule has 3 aromatic carbocycles. The summed E-state index contributed by atoms with van der Waals surface area (Å²) in [5, 5.41) is 6.64. The summed E-state index contributed by atoms with van der Waals surface area (Å²) in [7, 11) is 3.36. The van der Waals surface area contributed by atoms with Gasteiger partial charge >= 0.3 is 6.18 Å². The quantitative estimate of drug-likeness (QED) is 0.194. The Hall–Kier alpha value is -5.65. The van der Waals surface area contributed by atoms with E-state index in [0.717, 1.165) is 16.4 Å². The maximum Gasteiger partial charge on any atom is 0.422 e. The van der Waals surface area contributed by atoms with Gasteiger partial charge in [0.05, 0.1) is 16.6 Å². The first-order valence-corrected chi connectivity index (χ1v) is 13.4. The van der Waals surface area contributed by atoms with Gasteiger partial charge in [0.1, 0.15) is 22.9 Å². The number of nitrogens with one attached hydrogen (secondary N) is 2. The predicted octanol–water partition coefficient (Wildman–Crippen LogP) is 7.02. The van der Waals surface area contributed by atoms with Gasteiger partial charge in [0.15, 0.2) is 6.61 Å². The van der Waals surface area contributed by atoms with E-state index in [1.165, 1.54) is 19.3 Å². The zero-order chi connectivity index (χ0) is 30.8. The topological polar surface area (TPSA) is 103 Å². The van der Waals surface area contributed by atoms with E-state index in [9.17, 15) is 18.0 Å². The zero-order valence-electron chi connectivity index (χ0n) is 23.5. The molecule has 0 radical (unpaired) electrons. The molecule has 9 nitrogen and oxygen atoms in total. The summed E-state index contributed by atoms with van der Waals surface area (Å²) >= 11 is 0. The molecule has 0 bridgehead atoms. The molecule has 44 heavy (non-hydrogen) atoms. The number of hydrogen-bond donors (Lipinski definition) is 2. The van der Waals surface area contributed by atoms with Crippen molar-refractivity contribution in [1.82, 2.24) is 24.8 Å². The van der Waals surface area contributed by atoms with Crippen molar-refractivity contribution >= 4 is 39.5 Å². The van der Waals surface area contributed by atoms with Gasteiger partial charge in [-0.3, -0.25) is 14.8 Å². The molecule has 6 aromatic rings. The second-order valence-corrected chi connectivity index (χ2v) is 9.86. The highest BCUT2D eigenvalue weighted by atomic mass is 19.4. The van der Waals surface area contributed by atoms with Crippen molar-refractivity contribution in [3.05, 3.63) is 97.0 Å². The van der Waals surface area contributed by atoms with Crippen LogP contribution in [0, 0.1) is 0 Å². The molecule has 0 aliphatic heterocycles. The number of pyridine rings is 2. The summed E-state index contributed by atoms with van der Waals surface area (Å²) in [5.74, 6) is 1.19. The second kappa shape index (κ2) is 11.6. The summed E-state index contributed by atoms with van der Waals surface area (Å²) in [5.41, 5.74) is 4.07. The summed E-state index contributed by atoms with van der Waals surface area (Å²) < 4.78 is 52.1. The largest absolute Gasteiger partial charge is 0.483 e. The molecule has 0 unspecified atom stereocenters. The third-order valence-electron chi connectivity index (χ3n) is 6.81. The average Bonchev–Trinajstić information content (AvgIpc) is 3.33. The zero-order valence-corrected chi connectivity index (χ0v) is 23.5. The number of rotatable bonds is 8. The van der Waals surface area contributed by atoms with Gasteiger partial charge in [0.2, 0.25) is 5.95 Å². The fourth-order valence-corrected chi connectivity index (χ4v) is 4.68. The minimum Gasteiger partial charge on any atom is -0.483 e. The number of aromatic nitrogens is 4. The fourth-order valence-electron chi connectivity index (χ4n) is 4.68. The molecule has 0 aliphatic rings. The Kier molecular flexibility index (Phi) is 7.48. The third kappa shape index (κ3) is 6.09. The molecule has 12 heteroatoms. The van der Waals surface area contributed by atoms with Crippen LogP contribution in [0.4, 0.5) is 24.8 Å². The number of carbonyl (C=O) groups excluding carboxylic acids is 1. The van der Waals surface area contributed by atoms with Gasteiger partial charge in [-0.2, -0.15) is 13.2 Å². The molecule has 0 spiro atoms. The van der Waals surface area contributed by atoms with E-state index in [2.05, 4.69) is 20.6 Å². The number of imidazole rings is 1. The highest BCUT2D eigenvalue weighted by Gasteiger charge is 2.29. The number of para-hydroxylation sites is 1. The van der Waals surface area contributed by atoms with E-state index in [4.69, 9.17) is 14.5 Å². The minimum atomic E-state index is -4.49. The van der Waals surface area contributed by atoms with Crippen LogP contribution in [-0.2, 0) is 7.05 Å². The number of alkyl halides is 3. The minimum absolute atomic E-state index is 0.0763. The van der Waals surface area contributed by atoms with Crippen LogP contribution in [0.5, 0.6) is 17.2 Å². The van der Waals surface area contributed by atoms with E-state index >= 15 is 0 Å². The molecule has 6 rings (SSSR count). The van der Waals surface area contributed by atoms with E-state index in [0.29, 0.717) is 39.8 Å². The summed E-state index contributed by atoms with van der Waals surface area (Å²) in [6.07, 6.45) is -1.39.